The highest BCUT2D eigenvalue weighted by Crippen LogP contribution is 2.69. The average Bonchev–Trinajstić information content (AvgIpc) is 2.78. The number of likely N-dealkylation sites (N-methyl/N-ethyl adjacent to an activating group) is 1. The van der Waals surface area contributed by atoms with Crippen LogP contribution in [0.4, 0.5) is 0 Å². The summed E-state index contributed by atoms with van der Waals surface area (Å²) in [5.41, 5.74) is 3.78. The van der Waals surface area contributed by atoms with Gasteiger partial charge in [0.15, 0.2) is 0 Å². The van der Waals surface area contributed by atoms with E-state index in [9.17, 15) is 0 Å². The lowest BCUT2D eigenvalue weighted by atomic mass is 9.96. The molecule has 1 aromatic carbocycles. The fourth-order valence-electron chi connectivity index (χ4n) is 3.80. The molecule has 0 saturated heterocycles. The van der Waals surface area contributed by atoms with E-state index in [0.29, 0.717) is 16.9 Å². The predicted octanol–water partition coefficient (Wildman–Crippen LogP) is 4.06. The van der Waals surface area contributed by atoms with Crippen molar-refractivity contribution in [2.45, 2.75) is 53.5 Å². The normalized spacial score (nSPS) is 22.2. The smallest absolute Gasteiger partial charge is 0.0143 e. The molecule has 0 radical (unpaired) electrons. The van der Waals surface area contributed by atoms with E-state index in [1.165, 1.54) is 11.1 Å². The molecule has 1 saturated carbocycles. The van der Waals surface area contributed by atoms with Gasteiger partial charge in [0.25, 0.3) is 0 Å². The van der Waals surface area contributed by atoms with Crippen LogP contribution in [0.25, 0.3) is 0 Å². The van der Waals surface area contributed by atoms with E-state index in [0.717, 1.165) is 18.8 Å². The van der Waals surface area contributed by atoms with Crippen LogP contribution in [0.1, 0.15) is 45.7 Å². The molecule has 1 nitrogen and oxygen atoms in total. The van der Waals surface area contributed by atoms with E-state index in [1.807, 2.05) is 0 Å². The van der Waals surface area contributed by atoms with E-state index in [2.05, 4.69) is 71.2 Å². The minimum absolute atomic E-state index is 0.448. The third kappa shape index (κ3) is 2.45. The monoisotopic (exact) mass is 259 g/mol. The number of rotatable bonds is 5. The van der Waals surface area contributed by atoms with Crippen molar-refractivity contribution >= 4 is 0 Å². The van der Waals surface area contributed by atoms with Crippen LogP contribution in [0.2, 0.25) is 0 Å². The molecular weight excluding hydrogens is 230 g/mol. The van der Waals surface area contributed by atoms with Crippen molar-refractivity contribution in [2.75, 3.05) is 7.05 Å². The third-order valence-electron chi connectivity index (χ3n) is 5.79. The standard InChI is InChI=1S/C18H29N/c1-7-13-8-10-14(11-9-13)12-15(19-6)16-17(2,3)18(16,4)5/h8-11,15-16,19H,7,12H2,1-6H3. The van der Waals surface area contributed by atoms with Gasteiger partial charge in [0.2, 0.25) is 0 Å². The van der Waals surface area contributed by atoms with E-state index in [-0.39, 0.29) is 0 Å². The zero-order valence-electron chi connectivity index (χ0n) is 13.4. The molecule has 1 aliphatic rings. The van der Waals surface area contributed by atoms with Crippen LogP contribution in [0.5, 0.6) is 0 Å². The number of benzene rings is 1. The Morgan fingerprint density at radius 3 is 1.84 bits per heavy atom. The predicted molar refractivity (Wildman–Crippen MR) is 83.4 cm³/mol. The van der Waals surface area contributed by atoms with Gasteiger partial charge in [0.1, 0.15) is 0 Å². The molecule has 1 atom stereocenters. The van der Waals surface area contributed by atoms with Gasteiger partial charge < -0.3 is 5.32 Å². The molecule has 1 unspecified atom stereocenters. The van der Waals surface area contributed by atoms with Crippen molar-refractivity contribution in [1.29, 1.82) is 0 Å². The molecule has 0 aliphatic heterocycles. The highest BCUT2D eigenvalue weighted by molar-refractivity contribution is 5.25. The summed E-state index contributed by atoms with van der Waals surface area (Å²) in [4.78, 5) is 0. The Kier molecular flexibility index (Phi) is 3.79. The van der Waals surface area contributed by atoms with Crippen LogP contribution in [0.15, 0.2) is 24.3 Å². The maximum Gasteiger partial charge on any atom is 0.0143 e. The average molecular weight is 259 g/mol. The van der Waals surface area contributed by atoms with Gasteiger partial charge in [-0.15, -0.1) is 0 Å². The second-order valence-electron chi connectivity index (χ2n) is 7.19. The van der Waals surface area contributed by atoms with E-state index < -0.39 is 0 Å². The maximum atomic E-state index is 3.55. The maximum absolute atomic E-state index is 3.55. The van der Waals surface area contributed by atoms with E-state index in [4.69, 9.17) is 0 Å². The van der Waals surface area contributed by atoms with Gasteiger partial charge in [-0.05, 0) is 47.8 Å². The van der Waals surface area contributed by atoms with Gasteiger partial charge in [0.05, 0.1) is 0 Å². The van der Waals surface area contributed by atoms with E-state index in [1.54, 1.807) is 0 Å². The van der Waals surface area contributed by atoms with Crippen molar-refractivity contribution in [3.05, 3.63) is 35.4 Å². The highest BCUT2D eigenvalue weighted by atomic mass is 14.9. The van der Waals surface area contributed by atoms with Crippen LogP contribution in [0, 0.1) is 16.7 Å². The number of hydrogen-bond acceptors (Lipinski definition) is 1. The lowest BCUT2D eigenvalue weighted by Crippen LogP contribution is -2.32. The van der Waals surface area contributed by atoms with Gasteiger partial charge in [-0.2, -0.15) is 0 Å². The molecular formula is C18H29N. The Labute approximate surface area is 118 Å². The molecule has 0 aromatic heterocycles. The molecule has 0 bridgehead atoms. The van der Waals surface area contributed by atoms with Crippen LogP contribution in [0.3, 0.4) is 0 Å². The molecule has 1 fully saturated rings. The molecule has 0 heterocycles. The first kappa shape index (κ1) is 14.6. The van der Waals surface area contributed by atoms with Gasteiger partial charge in [0, 0.05) is 6.04 Å². The largest absolute Gasteiger partial charge is 0.316 e. The van der Waals surface area contributed by atoms with Crippen LogP contribution < -0.4 is 5.32 Å². The first-order valence-electron chi connectivity index (χ1n) is 7.59. The Morgan fingerprint density at radius 1 is 1.00 bits per heavy atom. The van der Waals surface area contributed by atoms with Crippen molar-refractivity contribution in [1.82, 2.24) is 5.32 Å². The number of aryl methyl sites for hydroxylation is 1. The molecule has 1 aromatic rings. The topological polar surface area (TPSA) is 12.0 Å². The van der Waals surface area contributed by atoms with Crippen LogP contribution in [-0.4, -0.2) is 13.1 Å². The Hall–Kier alpha value is -0.820. The lowest BCUT2D eigenvalue weighted by Gasteiger charge is -2.19. The zero-order valence-corrected chi connectivity index (χ0v) is 13.4. The first-order chi connectivity index (χ1) is 8.84. The molecule has 0 amide bonds. The van der Waals surface area contributed by atoms with Crippen molar-refractivity contribution in [3.8, 4) is 0 Å². The zero-order chi connectivity index (χ0) is 14.3. The van der Waals surface area contributed by atoms with Gasteiger partial charge in [-0.3, -0.25) is 0 Å². The summed E-state index contributed by atoms with van der Waals surface area (Å²) in [6, 6.07) is 9.71. The van der Waals surface area contributed by atoms with Gasteiger partial charge in [-0.25, -0.2) is 0 Å². The summed E-state index contributed by atoms with van der Waals surface area (Å²) in [7, 11) is 2.11. The van der Waals surface area contributed by atoms with Crippen molar-refractivity contribution in [3.63, 3.8) is 0 Å². The van der Waals surface area contributed by atoms with Gasteiger partial charge in [-0.1, -0.05) is 58.9 Å². The van der Waals surface area contributed by atoms with Crippen LogP contribution >= 0.6 is 0 Å². The summed E-state index contributed by atoms with van der Waals surface area (Å²) in [5, 5.41) is 3.55. The number of hydrogen-bond donors (Lipinski definition) is 1. The number of nitrogens with one attached hydrogen (secondary N) is 1. The third-order valence-corrected chi connectivity index (χ3v) is 5.79. The summed E-state index contributed by atoms with van der Waals surface area (Å²) in [6.07, 6.45) is 2.26. The quantitative estimate of drug-likeness (QED) is 0.841. The second-order valence-corrected chi connectivity index (χ2v) is 7.19. The minimum atomic E-state index is 0.448. The SMILES string of the molecule is CCc1ccc(CC(NC)C2C(C)(C)C2(C)C)cc1. The summed E-state index contributed by atoms with van der Waals surface area (Å²) in [6.45, 7) is 11.8. The summed E-state index contributed by atoms with van der Waals surface area (Å²) in [5.74, 6) is 0.760. The van der Waals surface area contributed by atoms with Crippen molar-refractivity contribution < 1.29 is 0 Å². The summed E-state index contributed by atoms with van der Waals surface area (Å²) < 4.78 is 0. The minimum Gasteiger partial charge on any atom is -0.316 e. The van der Waals surface area contributed by atoms with Gasteiger partial charge >= 0.3 is 0 Å². The molecule has 1 aliphatic carbocycles. The highest BCUT2D eigenvalue weighted by Gasteiger charge is 2.66. The van der Waals surface area contributed by atoms with E-state index >= 15 is 0 Å². The first-order valence-corrected chi connectivity index (χ1v) is 7.59. The fourth-order valence-corrected chi connectivity index (χ4v) is 3.80. The second kappa shape index (κ2) is 4.94. The molecule has 0 spiro atoms. The Morgan fingerprint density at radius 2 is 1.47 bits per heavy atom. The molecule has 1 N–H and O–H groups in total. The molecule has 2 rings (SSSR count). The fraction of sp³-hybridized carbons (Fsp3) is 0.667. The molecule has 1 heteroatoms. The van der Waals surface area contributed by atoms with Crippen LogP contribution in [-0.2, 0) is 12.8 Å². The molecule has 19 heavy (non-hydrogen) atoms. The van der Waals surface area contributed by atoms with Crippen molar-refractivity contribution in [2.24, 2.45) is 16.7 Å². The Bertz CT molecular complexity index is 414. The Balaban J connectivity index is 2.08. The lowest BCUT2D eigenvalue weighted by molar-refractivity contribution is 0.421. The summed E-state index contributed by atoms with van der Waals surface area (Å²) >= 11 is 0. The molecule has 106 valence electrons.